The molecule has 0 unspecified atom stereocenters. The summed E-state index contributed by atoms with van der Waals surface area (Å²) in [4.78, 5) is 19.6. The second-order valence-electron chi connectivity index (χ2n) is 11.4. The third-order valence-corrected chi connectivity index (χ3v) is 8.42. The molecule has 11 heteroatoms. The predicted octanol–water partition coefficient (Wildman–Crippen LogP) is 5.70. The summed E-state index contributed by atoms with van der Waals surface area (Å²) in [6, 6.07) is 17.7. The van der Waals surface area contributed by atoms with Crippen molar-refractivity contribution in [1.82, 2.24) is 15.0 Å². The Morgan fingerprint density at radius 3 is 2.54 bits per heavy atom. The highest BCUT2D eigenvalue weighted by Gasteiger charge is 2.32. The molecule has 5 aromatic rings. The third kappa shape index (κ3) is 5.94. The second kappa shape index (κ2) is 12.7. The number of nitrogens with one attached hydrogen (secondary N) is 1. The highest BCUT2D eigenvalue weighted by molar-refractivity contribution is 6.02. The summed E-state index contributed by atoms with van der Waals surface area (Å²) < 4.78 is 22.6. The SMILES string of the molecule is COc1ccc(-c2c(-c3cc(-c4ccc(OCCN5CCOCC5)c5ncccc45)c(O)cc3O)noc2NC(=O)C2CC2)cc1. The van der Waals surface area contributed by atoms with E-state index in [9.17, 15) is 15.0 Å². The van der Waals surface area contributed by atoms with Gasteiger partial charge in [0.15, 0.2) is 0 Å². The van der Waals surface area contributed by atoms with Crippen LogP contribution >= 0.6 is 0 Å². The number of benzene rings is 3. The van der Waals surface area contributed by atoms with Gasteiger partial charge in [-0.1, -0.05) is 23.4 Å². The summed E-state index contributed by atoms with van der Waals surface area (Å²) in [5.74, 6) is 0.964. The maximum absolute atomic E-state index is 12.7. The van der Waals surface area contributed by atoms with Gasteiger partial charge in [0.25, 0.3) is 0 Å². The van der Waals surface area contributed by atoms with E-state index in [1.165, 1.54) is 6.07 Å². The number of nitrogens with zero attached hydrogens (tertiary/aromatic N) is 3. The summed E-state index contributed by atoms with van der Waals surface area (Å²) in [5.41, 5.74) is 3.63. The van der Waals surface area contributed by atoms with Crippen molar-refractivity contribution < 1.29 is 33.7 Å². The van der Waals surface area contributed by atoms with Gasteiger partial charge in [0.2, 0.25) is 11.8 Å². The van der Waals surface area contributed by atoms with E-state index in [0.29, 0.717) is 57.1 Å². The molecule has 1 saturated heterocycles. The largest absolute Gasteiger partial charge is 0.507 e. The summed E-state index contributed by atoms with van der Waals surface area (Å²) in [6.45, 7) is 4.49. The van der Waals surface area contributed by atoms with E-state index in [-0.39, 0.29) is 29.2 Å². The zero-order valence-corrected chi connectivity index (χ0v) is 25.4. The van der Waals surface area contributed by atoms with E-state index in [2.05, 4.69) is 20.4 Å². The number of hydrogen-bond acceptors (Lipinski definition) is 10. The molecule has 46 heavy (non-hydrogen) atoms. The number of aromatic hydroxyl groups is 2. The molecule has 11 nitrogen and oxygen atoms in total. The van der Waals surface area contributed by atoms with Crippen LogP contribution in [0.4, 0.5) is 5.88 Å². The van der Waals surface area contributed by atoms with E-state index in [4.69, 9.17) is 18.7 Å². The Morgan fingerprint density at radius 2 is 1.78 bits per heavy atom. The van der Waals surface area contributed by atoms with Crippen molar-refractivity contribution in [3.8, 4) is 56.5 Å². The van der Waals surface area contributed by atoms with Gasteiger partial charge in [0.05, 0.1) is 25.9 Å². The van der Waals surface area contributed by atoms with Crippen LogP contribution in [0.2, 0.25) is 0 Å². The molecule has 2 aliphatic rings. The number of hydrogen-bond donors (Lipinski definition) is 3. The molecule has 2 fully saturated rings. The highest BCUT2D eigenvalue weighted by Crippen LogP contribution is 2.47. The Kier molecular flexibility index (Phi) is 8.17. The van der Waals surface area contributed by atoms with Gasteiger partial charge in [-0.15, -0.1) is 0 Å². The number of morpholine rings is 1. The van der Waals surface area contributed by atoms with Crippen LogP contribution in [0.25, 0.3) is 44.4 Å². The molecule has 3 N–H and O–H groups in total. The van der Waals surface area contributed by atoms with Crippen LogP contribution in [0.15, 0.2) is 71.4 Å². The van der Waals surface area contributed by atoms with Gasteiger partial charge in [-0.3, -0.25) is 20.0 Å². The lowest BCUT2D eigenvalue weighted by Gasteiger charge is -2.26. The lowest BCUT2D eigenvalue weighted by Crippen LogP contribution is -2.38. The van der Waals surface area contributed by atoms with Crippen LogP contribution in [0.3, 0.4) is 0 Å². The van der Waals surface area contributed by atoms with Gasteiger partial charge >= 0.3 is 0 Å². The minimum atomic E-state index is -0.199. The quantitative estimate of drug-likeness (QED) is 0.178. The lowest BCUT2D eigenvalue weighted by atomic mass is 9.94. The van der Waals surface area contributed by atoms with Crippen molar-refractivity contribution in [3.63, 3.8) is 0 Å². The highest BCUT2D eigenvalue weighted by atomic mass is 16.5. The Balaban J connectivity index is 1.27. The Bertz CT molecular complexity index is 1880. The Labute approximate surface area is 265 Å². The fourth-order valence-corrected chi connectivity index (χ4v) is 5.73. The first-order chi connectivity index (χ1) is 22.5. The van der Waals surface area contributed by atoms with E-state index in [1.54, 1.807) is 31.5 Å². The van der Waals surface area contributed by atoms with Crippen LogP contribution in [0.5, 0.6) is 23.0 Å². The molecule has 1 aliphatic carbocycles. The zero-order valence-electron chi connectivity index (χ0n) is 25.4. The van der Waals surface area contributed by atoms with E-state index < -0.39 is 0 Å². The smallest absolute Gasteiger partial charge is 0.239 e. The maximum Gasteiger partial charge on any atom is 0.239 e. The topological polar surface area (TPSA) is 139 Å². The minimum absolute atomic E-state index is 0.0563. The molecule has 2 aromatic heterocycles. The first-order valence-corrected chi connectivity index (χ1v) is 15.3. The van der Waals surface area contributed by atoms with E-state index in [1.807, 2.05) is 36.4 Å². The number of phenolic OH excluding ortho intramolecular Hbond substituents is 2. The number of carbonyl (C=O) groups is 1. The molecular weight excluding hydrogens is 588 g/mol. The molecule has 3 heterocycles. The van der Waals surface area contributed by atoms with Crippen LogP contribution in [0.1, 0.15) is 12.8 Å². The number of fused-ring (bicyclic) bond motifs is 1. The number of ether oxygens (including phenoxy) is 3. The molecule has 1 saturated carbocycles. The first kappa shape index (κ1) is 29.6. The van der Waals surface area contributed by atoms with Gasteiger partial charge in [-0.05, 0) is 60.4 Å². The molecule has 0 atom stereocenters. The number of carbonyl (C=O) groups excluding carboxylic acids is 1. The van der Waals surface area contributed by atoms with Gasteiger partial charge < -0.3 is 28.9 Å². The fraction of sp³-hybridized carbons (Fsp3) is 0.286. The maximum atomic E-state index is 12.7. The molecule has 236 valence electrons. The number of amides is 1. The van der Waals surface area contributed by atoms with Crippen molar-refractivity contribution in [2.45, 2.75) is 12.8 Å². The molecule has 3 aromatic carbocycles. The standard InChI is InChI=1S/C35H34N4O7/c1-43-23-8-6-21(7-9-23)31-33(38-46-35(31)37-34(42)22-4-5-22)27-19-26(28(40)20-29(27)41)24-10-11-30(32-25(24)3-2-12-36-32)45-18-15-39-13-16-44-17-14-39/h2-3,6-12,19-20,22,40-41H,4-5,13-18H2,1H3,(H,37,42). The van der Waals surface area contributed by atoms with Crippen LogP contribution in [-0.2, 0) is 9.53 Å². The molecular formula is C35H34N4O7. The van der Waals surface area contributed by atoms with Crippen molar-refractivity contribution in [2.75, 3.05) is 51.9 Å². The lowest BCUT2D eigenvalue weighted by molar-refractivity contribution is -0.117. The minimum Gasteiger partial charge on any atom is -0.507 e. The Hall–Kier alpha value is -5.13. The molecule has 0 radical (unpaired) electrons. The first-order valence-electron chi connectivity index (χ1n) is 15.3. The molecule has 1 aliphatic heterocycles. The normalized spacial score (nSPS) is 15.2. The zero-order chi connectivity index (χ0) is 31.6. The molecule has 7 rings (SSSR count). The molecule has 0 spiro atoms. The number of rotatable bonds is 10. The number of pyridine rings is 1. The predicted molar refractivity (Wildman–Crippen MR) is 172 cm³/mol. The Morgan fingerprint density at radius 1 is 1.00 bits per heavy atom. The summed E-state index contributed by atoms with van der Waals surface area (Å²) in [6.07, 6.45) is 3.36. The van der Waals surface area contributed by atoms with Crippen molar-refractivity contribution in [3.05, 3.63) is 66.9 Å². The van der Waals surface area contributed by atoms with Crippen LogP contribution < -0.4 is 14.8 Å². The molecule has 1 amide bonds. The van der Waals surface area contributed by atoms with Crippen LogP contribution in [0, 0.1) is 5.92 Å². The van der Waals surface area contributed by atoms with Crippen LogP contribution in [-0.4, -0.2) is 77.7 Å². The summed E-state index contributed by atoms with van der Waals surface area (Å²) in [7, 11) is 1.58. The van der Waals surface area contributed by atoms with Gasteiger partial charge in [-0.25, -0.2) is 0 Å². The number of aromatic nitrogens is 2. The van der Waals surface area contributed by atoms with Crippen molar-refractivity contribution in [1.29, 1.82) is 0 Å². The number of anilines is 1. The summed E-state index contributed by atoms with van der Waals surface area (Å²) >= 11 is 0. The second-order valence-corrected chi connectivity index (χ2v) is 11.4. The average Bonchev–Trinajstić information content (AvgIpc) is 3.86. The fourth-order valence-electron chi connectivity index (χ4n) is 5.73. The number of phenols is 2. The third-order valence-electron chi connectivity index (χ3n) is 8.42. The van der Waals surface area contributed by atoms with Gasteiger partial charge in [-0.2, -0.15) is 0 Å². The van der Waals surface area contributed by atoms with E-state index in [0.717, 1.165) is 51.1 Å². The van der Waals surface area contributed by atoms with Crippen molar-refractivity contribution >= 4 is 22.7 Å². The van der Waals surface area contributed by atoms with Gasteiger partial charge in [0.1, 0.15) is 40.8 Å². The average molecular weight is 623 g/mol. The monoisotopic (exact) mass is 622 g/mol. The van der Waals surface area contributed by atoms with Gasteiger partial charge in [0, 0.05) is 54.3 Å². The van der Waals surface area contributed by atoms with E-state index >= 15 is 0 Å². The summed E-state index contributed by atoms with van der Waals surface area (Å²) in [5, 5.41) is 30.2. The number of methoxy groups -OCH3 is 1. The van der Waals surface area contributed by atoms with Crippen molar-refractivity contribution in [2.24, 2.45) is 5.92 Å². The molecule has 0 bridgehead atoms.